The zero-order valence-corrected chi connectivity index (χ0v) is 19.6. The Morgan fingerprint density at radius 2 is 1.97 bits per heavy atom. The molecule has 1 heterocycles. The Kier molecular flexibility index (Phi) is 9.99. The predicted molar refractivity (Wildman–Crippen MR) is 130 cm³/mol. The Morgan fingerprint density at radius 1 is 1.20 bits per heavy atom. The normalized spacial score (nSPS) is 18.9. The molecule has 0 saturated heterocycles. The van der Waals surface area contributed by atoms with Crippen LogP contribution in [0.2, 0.25) is 0 Å². The summed E-state index contributed by atoms with van der Waals surface area (Å²) < 4.78 is 0. The Labute approximate surface area is 195 Å². The molecule has 2 atom stereocenters. The number of rotatable bonds is 7. The highest BCUT2D eigenvalue weighted by atomic mass is 127. The minimum atomic E-state index is -0.385. The number of halogens is 1. The van der Waals surface area contributed by atoms with Crippen LogP contribution in [-0.2, 0) is 13.0 Å². The van der Waals surface area contributed by atoms with Gasteiger partial charge in [0.15, 0.2) is 5.96 Å². The molecule has 8 heteroatoms. The number of nitro groups is 1. The minimum Gasteiger partial charge on any atom is -0.356 e. The van der Waals surface area contributed by atoms with E-state index in [1.54, 1.807) is 18.3 Å². The molecular weight excluding hydrogens is 493 g/mol. The van der Waals surface area contributed by atoms with Gasteiger partial charge in [-0.3, -0.25) is 15.1 Å². The number of non-ortho nitro benzene ring substituents is 1. The van der Waals surface area contributed by atoms with E-state index < -0.39 is 0 Å². The molecule has 1 aromatic carbocycles. The van der Waals surface area contributed by atoms with E-state index in [0.717, 1.165) is 36.6 Å². The second kappa shape index (κ2) is 12.5. The van der Waals surface area contributed by atoms with Crippen LogP contribution in [0.4, 0.5) is 5.69 Å². The van der Waals surface area contributed by atoms with E-state index in [2.05, 4.69) is 22.5 Å². The molecule has 7 nitrogen and oxygen atoms in total. The van der Waals surface area contributed by atoms with Crippen LogP contribution in [-0.4, -0.2) is 28.5 Å². The minimum absolute atomic E-state index is 0. The Balaban J connectivity index is 0.00000320. The fourth-order valence-electron chi connectivity index (χ4n) is 3.61. The Morgan fingerprint density at radius 3 is 2.63 bits per heavy atom. The van der Waals surface area contributed by atoms with E-state index in [9.17, 15) is 10.1 Å². The maximum atomic E-state index is 10.8. The number of benzene rings is 1. The van der Waals surface area contributed by atoms with Gasteiger partial charge in [-0.1, -0.05) is 38.0 Å². The van der Waals surface area contributed by atoms with Gasteiger partial charge < -0.3 is 10.6 Å². The second-order valence-electron chi connectivity index (χ2n) is 7.60. The number of aromatic nitrogens is 1. The number of guanidine groups is 1. The van der Waals surface area contributed by atoms with Crippen LogP contribution in [0.3, 0.4) is 0 Å². The predicted octanol–water partition coefficient (Wildman–Crippen LogP) is 4.46. The molecular formula is C22H30IN5O2. The quantitative estimate of drug-likeness (QED) is 0.184. The van der Waals surface area contributed by atoms with E-state index in [4.69, 9.17) is 4.99 Å². The van der Waals surface area contributed by atoms with E-state index in [1.165, 1.54) is 31.4 Å². The summed E-state index contributed by atoms with van der Waals surface area (Å²) in [5.41, 5.74) is 2.08. The van der Waals surface area contributed by atoms with Crippen LogP contribution in [0.25, 0.3) is 0 Å². The monoisotopic (exact) mass is 523 g/mol. The van der Waals surface area contributed by atoms with E-state index in [-0.39, 0.29) is 34.6 Å². The number of nitrogens with one attached hydrogen (secondary N) is 2. The van der Waals surface area contributed by atoms with Gasteiger partial charge in [-0.25, -0.2) is 4.99 Å². The number of hydrogen-bond acceptors (Lipinski definition) is 4. The summed E-state index contributed by atoms with van der Waals surface area (Å²) in [5.74, 6) is 1.41. The van der Waals surface area contributed by atoms with Crippen molar-refractivity contribution in [2.45, 2.75) is 51.6 Å². The summed E-state index contributed by atoms with van der Waals surface area (Å²) in [5, 5.41) is 17.8. The molecule has 0 bridgehead atoms. The van der Waals surface area contributed by atoms with Crippen LogP contribution in [0.15, 0.2) is 53.7 Å². The van der Waals surface area contributed by atoms with Gasteiger partial charge in [0.25, 0.3) is 5.69 Å². The van der Waals surface area contributed by atoms with Crippen molar-refractivity contribution in [3.8, 4) is 0 Å². The highest BCUT2D eigenvalue weighted by Gasteiger charge is 2.22. The molecule has 1 saturated carbocycles. The smallest absolute Gasteiger partial charge is 0.269 e. The summed E-state index contributed by atoms with van der Waals surface area (Å²) in [4.78, 5) is 19.5. The lowest BCUT2D eigenvalue weighted by molar-refractivity contribution is -0.384. The van der Waals surface area contributed by atoms with E-state index >= 15 is 0 Å². The zero-order chi connectivity index (χ0) is 20.5. The number of nitrogens with zero attached hydrogens (tertiary/aromatic N) is 3. The maximum absolute atomic E-state index is 10.8. The number of pyridine rings is 1. The Hall–Kier alpha value is -2.23. The first-order valence-electron chi connectivity index (χ1n) is 10.3. The molecule has 2 N–H and O–H groups in total. The Bertz CT molecular complexity index is 814. The molecule has 2 unspecified atom stereocenters. The fraction of sp³-hybridized carbons (Fsp3) is 0.455. The average molecular weight is 523 g/mol. The lowest BCUT2D eigenvalue weighted by Crippen LogP contribution is -2.47. The standard InChI is InChI=1S/C22H29N5O2.HI/c1-17-6-2-3-8-21(17)26-22(24-15-13-19-7-4-5-14-23-19)25-16-18-9-11-20(12-10-18)27(28)29;/h4-5,7,9-12,14,17,21H,2-3,6,8,13,15-16H2,1H3,(H2,24,25,26);1H. The van der Waals surface area contributed by atoms with Gasteiger partial charge in [0, 0.05) is 43.0 Å². The van der Waals surface area contributed by atoms with Crippen molar-refractivity contribution >= 4 is 35.6 Å². The van der Waals surface area contributed by atoms with Gasteiger partial charge in [0.1, 0.15) is 0 Å². The molecule has 1 aliphatic rings. The maximum Gasteiger partial charge on any atom is 0.269 e. The zero-order valence-electron chi connectivity index (χ0n) is 17.3. The lowest BCUT2D eigenvalue weighted by atomic mass is 9.86. The van der Waals surface area contributed by atoms with E-state index in [0.29, 0.717) is 18.5 Å². The van der Waals surface area contributed by atoms with Crippen LogP contribution in [0, 0.1) is 16.0 Å². The van der Waals surface area contributed by atoms with Crippen LogP contribution < -0.4 is 10.6 Å². The summed E-state index contributed by atoms with van der Waals surface area (Å²) in [7, 11) is 0. The van der Waals surface area contributed by atoms with Crippen LogP contribution in [0.1, 0.15) is 43.9 Å². The number of aliphatic imine (C=N–C) groups is 1. The highest BCUT2D eigenvalue weighted by molar-refractivity contribution is 14.0. The van der Waals surface area contributed by atoms with Crippen molar-refractivity contribution in [1.29, 1.82) is 0 Å². The molecule has 1 aromatic heterocycles. The molecule has 30 heavy (non-hydrogen) atoms. The summed E-state index contributed by atoms with van der Waals surface area (Å²) >= 11 is 0. The van der Waals surface area contributed by atoms with Gasteiger partial charge in [-0.05, 0) is 36.5 Å². The topological polar surface area (TPSA) is 92.5 Å². The van der Waals surface area contributed by atoms with Crippen molar-refractivity contribution in [3.63, 3.8) is 0 Å². The molecule has 0 aliphatic heterocycles. The van der Waals surface area contributed by atoms with Crippen molar-refractivity contribution in [2.24, 2.45) is 10.9 Å². The largest absolute Gasteiger partial charge is 0.356 e. The van der Waals surface area contributed by atoms with Gasteiger partial charge in [0.05, 0.1) is 11.5 Å². The molecule has 1 aliphatic carbocycles. The molecule has 162 valence electrons. The van der Waals surface area contributed by atoms with Crippen LogP contribution in [0.5, 0.6) is 0 Å². The number of hydrogen-bond donors (Lipinski definition) is 2. The first-order chi connectivity index (χ1) is 14.1. The van der Waals surface area contributed by atoms with E-state index in [1.807, 2.05) is 18.2 Å². The number of nitro benzene ring substituents is 1. The molecule has 0 radical (unpaired) electrons. The SMILES string of the molecule is CC1CCCCC1NC(=NCc1ccc([N+](=O)[O-])cc1)NCCc1ccccn1.I. The third-order valence-electron chi connectivity index (χ3n) is 5.40. The van der Waals surface area contributed by atoms with Crippen LogP contribution >= 0.6 is 24.0 Å². The van der Waals surface area contributed by atoms with Gasteiger partial charge in [-0.2, -0.15) is 0 Å². The summed E-state index contributed by atoms with van der Waals surface area (Å²) in [6, 6.07) is 12.9. The average Bonchev–Trinajstić information content (AvgIpc) is 2.74. The molecule has 2 aromatic rings. The second-order valence-corrected chi connectivity index (χ2v) is 7.60. The summed E-state index contributed by atoms with van der Waals surface area (Å²) in [6.45, 7) is 3.50. The fourth-order valence-corrected chi connectivity index (χ4v) is 3.61. The molecule has 3 rings (SSSR count). The first-order valence-corrected chi connectivity index (χ1v) is 10.3. The summed E-state index contributed by atoms with van der Waals surface area (Å²) in [6.07, 6.45) is 7.55. The highest BCUT2D eigenvalue weighted by Crippen LogP contribution is 2.23. The van der Waals surface area contributed by atoms with Gasteiger partial charge >= 0.3 is 0 Å². The van der Waals surface area contributed by atoms with Crippen molar-refractivity contribution < 1.29 is 4.92 Å². The molecule has 0 spiro atoms. The molecule has 0 amide bonds. The third kappa shape index (κ3) is 7.55. The van der Waals surface area contributed by atoms with Crippen molar-refractivity contribution in [1.82, 2.24) is 15.6 Å². The third-order valence-corrected chi connectivity index (χ3v) is 5.40. The first kappa shape index (κ1) is 24.0. The lowest BCUT2D eigenvalue weighted by Gasteiger charge is -2.31. The molecule has 1 fully saturated rings. The van der Waals surface area contributed by atoms with Gasteiger partial charge in [-0.15, -0.1) is 24.0 Å². The van der Waals surface area contributed by atoms with Crippen molar-refractivity contribution in [2.75, 3.05) is 6.54 Å². The van der Waals surface area contributed by atoms with Crippen molar-refractivity contribution in [3.05, 3.63) is 70.0 Å². The van der Waals surface area contributed by atoms with Gasteiger partial charge in [0.2, 0.25) is 0 Å².